The third-order valence-electron chi connectivity index (χ3n) is 8.98. The summed E-state index contributed by atoms with van der Waals surface area (Å²) in [5.74, 6) is 1.63. The molecule has 232 valence electrons. The predicted molar refractivity (Wildman–Crippen MR) is 173 cm³/mol. The highest BCUT2D eigenvalue weighted by Crippen LogP contribution is 2.39. The van der Waals surface area contributed by atoms with Crippen molar-refractivity contribution in [2.24, 2.45) is 16.8 Å². The average molecular weight is 613 g/mol. The van der Waals surface area contributed by atoms with Gasteiger partial charge in [-0.3, -0.25) is 9.79 Å². The summed E-state index contributed by atoms with van der Waals surface area (Å²) in [6.45, 7) is 2.61. The van der Waals surface area contributed by atoms with E-state index in [9.17, 15) is 10.1 Å². The molecule has 4 heterocycles. The van der Waals surface area contributed by atoms with Gasteiger partial charge in [-0.15, -0.1) is 0 Å². The molecule has 0 radical (unpaired) electrons. The van der Waals surface area contributed by atoms with Crippen molar-refractivity contribution in [3.63, 3.8) is 0 Å². The van der Waals surface area contributed by atoms with Gasteiger partial charge in [0.15, 0.2) is 0 Å². The lowest BCUT2D eigenvalue weighted by Gasteiger charge is -2.32. The number of ether oxygens (including phenoxy) is 1. The Morgan fingerprint density at radius 2 is 1.65 bits per heavy atom. The van der Waals surface area contributed by atoms with Gasteiger partial charge >= 0.3 is 6.01 Å². The number of hydrogen-bond donors (Lipinski definition) is 0. The molecule has 1 unspecified atom stereocenters. The van der Waals surface area contributed by atoms with Crippen molar-refractivity contribution in [1.82, 2.24) is 29.9 Å². The van der Waals surface area contributed by atoms with Crippen molar-refractivity contribution in [3.05, 3.63) is 101 Å². The van der Waals surface area contributed by atoms with E-state index in [1.165, 1.54) is 7.11 Å². The highest BCUT2D eigenvalue weighted by Gasteiger charge is 2.35. The molecule has 0 spiro atoms. The Morgan fingerprint density at radius 3 is 2.28 bits per heavy atom. The number of ketones is 1. The summed E-state index contributed by atoms with van der Waals surface area (Å²) in [5, 5.41) is 9.64. The molecule has 2 aliphatic rings. The van der Waals surface area contributed by atoms with Crippen LogP contribution in [0.3, 0.4) is 0 Å². The first-order chi connectivity index (χ1) is 22.5. The standard InChI is InChI=1S/C36H36N8O2/c1-23-14-15-38-33(23)34-27(17-37)18-39-31(44-34)16-25-8-11-26(12-9-25)32(30(45)13-10-24-6-4-3-5-7-24)35-40-19-28(20-41-35)29-21-42-36(46-2)43-22-29/h3-7,14,18-22,25-26,32H,8-13,15-16H2,1-2H3. The van der Waals surface area contributed by atoms with Gasteiger partial charge in [-0.2, -0.15) is 5.26 Å². The molecule has 1 aliphatic carbocycles. The number of nitrogens with zero attached hydrogens (tertiary/aromatic N) is 8. The quantitative estimate of drug-likeness (QED) is 0.209. The monoisotopic (exact) mass is 612 g/mol. The molecule has 0 amide bonds. The average Bonchev–Trinajstić information content (AvgIpc) is 3.54. The van der Waals surface area contributed by atoms with E-state index >= 15 is 0 Å². The Balaban J connectivity index is 1.17. The van der Waals surface area contributed by atoms with Crippen LogP contribution in [-0.4, -0.2) is 55.1 Å². The number of nitriles is 1. The first-order valence-corrected chi connectivity index (χ1v) is 15.7. The molecule has 0 bridgehead atoms. The molecule has 10 heteroatoms. The van der Waals surface area contributed by atoms with Crippen molar-refractivity contribution < 1.29 is 9.53 Å². The Labute approximate surface area is 268 Å². The van der Waals surface area contributed by atoms with E-state index < -0.39 is 0 Å². The van der Waals surface area contributed by atoms with Crippen molar-refractivity contribution in [2.45, 2.75) is 57.8 Å². The fourth-order valence-corrected chi connectivity index (χ4v) is 6.42. The van der Waals surface area contributed by atoms with Crippen LogP contribution in [0.5, 0.6) is 6.01 Å². The molecule has 1 aromatic carbocycles. The van der Waals surface area contributed by atoms with Gasteiger partial charge in [-0.25, -0.2) is 29.9 Å². The zero-order valence-corrected chi connectivity index (χ0v) is 26.1. The molecule has 1 saturated carbocycles. The lowest BCUT2D eigenvalue weighted by molar-refractivity contribution is -0.122. The maximum absolute atomic E-state index is 13.9. The van der Waals surface area contributed by atoms with Gasteiger partial charge in [0.25, 0.3) is 0 Å². The lowest BCUT2D eigenvalue weighted by Crippen LogP contribution is -2.28. The minimum atomic E-state index is -0.376. The fourth-order valence-electron chi connectivity index (χ4n) is 6.42. The van der Waals surface area contributed by atoms with Crippen molar-refractivity contribution in [2.75, 3.05) is 13.7 Å². The molecule has 1 atom stereocenters. The van der Waals surface area contributed by atoms with E-state index in [1.54, 1.807) is 31.0 Å². The summed E-state index contributed by atoms with van der Waals surface area (Å²) in [4.78, 5) is 45.6. The van der Waals surface area contributed by atoms with Crippen LogP contribution in [0.1, 0.15) is 73.4 Å². The number of carbonyl (C=O) groups excluding carboxylic acids is 1. The van der Waals surface area contributed by atoms with Gasteiger partial charge in [0.1, 0.15) is 29.2 Å². The molecule has 1 fully saturated rings. The molecule has 6 rings (SSSR count). The number of benzene rings is 1. The summed E-state index contributed by atoms with van der Waals surface area (Å²) >= 11 is 0. The first kappa shape index (κ1) is 30.8. The fraction of sp³-hybridized carbons (Fsp3) is 0.361. The molecular weight excluding hydrogens is 576 g/mol. The van der Waals surface area contributed by atoms with E-state index in [1.807, 2.05) is 31.2 Å². The van der Waals surface area contributed by atoms with Gasteiger partial charge in [-0.1, -0.05) is 36.4 Å². The second-order valence-corrected chi connectivity index (χ2v) is 11.9. The number of aliphatic imine (C=N–C) groups is 1. The van der Waals surface area contributed by atoms with Gasteiger partial charge < -0.3 is 4.74 Å². The zero-order chi connectivity index (χ0) is 31.9. The largest absolute Gasteiger partial charge is 0.467 e. The third kappa shape index (κ3) is 7.04. The Kier molecular flexibility index (Phi) is 9.58. The Morgan fingerprint density at radius 1 is 0.957 bits per heavy atom. The Hall–Kier alpha value is -5.17. The van der Waals surface area contributed by atoms with E-state index in [0.717, 1.165) is 65.9 Å². The zero-order valence-electron chi connectivity index (χ0n) is 26.1. The lowest BCUT2D eigenvalue weighted by atomic mass is 9.72. The van der Waals surface area contributed by atoms with Crippen LogP contribution >= 0.6 is 0 Å². The second kappa shape index (κ2) is 14.3. The summed E-state index contributed by atoms with van der Waals surface area (Å²) in [6, 6.07) is 12.6. The van der Waals surface area contributed by atoms with Gasteiger partial charge in [0, 0.05) is 55.0 Å². The highest BCUT2D eigenvalue weighted by atomic mass is 16.5. The normalized spacial score (nSPS) is 18.3. The maximum Gasteiger partial charge on any atom is 0.316 e. The second-order valence-electron chi connectivity index (χ2n) is 11.9. The summed E-state index contributed by atoms with van der Waals surface area (Å²) in [6.07, 6.45) is 16.0. The molecule has 1 aliphatic heterocycles. The van der Waals surface area contributed by atoms with Crippen molar-refractivity contribution in [3.8, 4) is 23.2 Å². The number of aryl methyl sites for hydroxylation is 1. The maximum atomic E-state index is 13.9. The van der Waals surface area contributed by atoms with Gasteiger partial charge in [0.2, 0.25) is 0 Å². The number of Topliss-reactive ketones (excluding diaryl/α,β-unsaturated/α-hetero) is 1. The molecule has 10 nitrogen and oxygen atoms in total. The van der Waals surface area contributed by atoms with Crippen LogP contribution in [0.15, 0.2) is 78.0 Å². The van der Waals surface area contributed by atoms with Crippen molar-refractivity contribution in [1.29, 1.82) is 5.26 Å². The van der Waals surface area contributed by atoms with E-state index in [4.69, 9.17) is 19.7 Å². The SMILES string of the molecule is COc1ncc(-c2cnc(C(C(=O)CCc3ccccc3)C3CCC(Cc4ncc(C#N)c(C5=NCC=C5C)n4)CC3)nc2)cn1. The van der Waals surface area contributed by atoms with Crippen LogP contribution in [0.25, 0.3) is 11.1 Å². The first-order valence-electron chi connectivity index (χ1n) is 15.7. The number of aromatic nitrogens is 6. The molecule has 0 N–H and O–H groups in total. The van der Waals surface area contributed by atoms with Crippen LogP contribution in [-0.2, 0) is 17.6 Å². The third-order valence-corrected chi connectivity index (χ3v) is 8.98. The van der Waals surface area contributed by atoms with Gasteiger partial charge in [0.05, 0.1) is 30.8 Å². The van der Waals surface area contributed by atoms with Crippen LogP contribution < -0.4 is 4.74 Å². The molecule has 46 heavy (non-hydrogen) atoms. The van der Waals surface area contributed by atoms with E-state index in [0.29, 0.717) is 48.4 Å². The number of allylic oxidation sites excluding steroid dienone is 1. The summed E-state index contributed by atoms with van der Waals surface area (Å²) in [5.41, 5.74) is 5.59. The molecular formula is C36H36N8O2. The number of rotatable bonds is 11. The van der Waals surface area contributed by atoms with Gasteiger partial charge in [-0.05, 0) is 62.0 Å². The molecule has 0 saturated heterocycles. The molecule has 4 aromatic rings. The minimum Gasteiger partial charge on any atom is -0.467 e. The van der Waals surface area contributed by atoms with Crippen LogP contribution in [0, 0.1) is 23.2 Å². The number of carbonyl (C=O) groups is 1. The van der Waals surface area contributed by atoms with Crippen LogP contribution in [0.4, 0.5) is 0 Å². The number of hydrogen-bond acceptors (Lipinski definition) is 10. The number of methoxy groups -OCH3 is 1. The summed E-state index contributed by atoms with van der Waals surface area (Å²) in [7, 11) is 1.53. The topological polar surface area (TPSA) is 140 Å². The van der Waals surface area contributed by atoms with E-state index in [-0.39, 0.29) is 17.6 Å². The minimum absolute atomic E-state index is 0.146. The van der Waals surface area contributed by atoms with Crippen molar-refractivity contribution >= 4 is 11.5 Å². The highest BCUT2D eigenvalue weighted by molar-refractivity contribution is 6.13. The predicted octanol–water partition coefficient (Wildman–Crippen LogP) is 5.69. The Bertz CT molecular complexity index is 1770. The van der Waals surface area contributed by atoms with E-state index in [2.05, 4.69) is 38.1 Å². The van der Waals surface area contributed by atoms with Crippen LogP contribution in [0.2, 0.25) is 0 Å². The smallest absolute Gasteiger partial charge is 0.316 e. The summed E-state index contributed by atoms with van der Waals surface area (Å²) < 4.78 is 5.07. The molecule has 3 aromatic heterocycles.